The molecule has 0 aromatic heterocycles. The summed E-state index contributed by atoms with van der Waals surface area (Å²) in [7, 11) is 0. The first kappa shape index (κ1) is 10.7. The fourth-order valence-corrected chi connectivity index (χ4v) is 1.98. The lowest BCUT2D eigenvalue weighted by Crippen LogP contribution is -2.15. The molecule has 2 N–H and O–H groups in total. The third-order valence-electron chi connectivity index (χ3n) is 2.81. The van der Waals surface area contributed by atoms with Gasteiger partial charge in [-0.3, -0.25) is 9.59 Å². The van der Waals surface area contributed by atoms with Crippen LogP contribution in [-0.2, 0) is 9.59 Å². The van der Waals surface area contributed by atoms with Gasteiger partial charge in [-0.25, -0.2) is 0 Å². The summed E-state index contributed by atoms with van der Waals surface area (Å²) in [5.74, 6) is -1.11. The van der Waals surface area contributed by atoms with Gasteiger partial charge in [-0.1, -0.05) is 18.2 Å². The molecule has 0 aliphatic carbocycles. The number of para-hydroxylation sites is 1. The number of ketones is 1. The Kier molecular flexibility index (Phi) is 2.90. The third kappa shape index (κ3) is 2.05. The minimum absolute atomic E-state index is 0.000139. The lowest BCUT2D eigenvalue weighted by atomic mass is 9.94. The lowest BCUT2D eigenvalue weighted by molar-refractivity contribution is -0.138. The molecule has 0 amide bonds. The first-order valence-electron chi connectivity index (χ1n) is 5.26. The summed E-state index contributed by atoms with van der Waals surface area (Å²) in [6.07, 6.45) is 0.0213. The van der Waals surface area contributed by atoms with Crippen LogP contribution in [0.25, 0.3) is 0 Å². The summed E-state index contributed by atoms with van der Waals surface area (Å²) in [5.41, 5.74) is 1.97. The van der Waals surface area contributed by atoms with E-state index in [1.807, 2.05) is 24.3 Å². The number of carbonyl (C=O) groups is 2. The van der Waals surface area contributed by atoms with Crippen molar-refractivity contribution in [1.82, 2.24) is 0 Å². The largest absolute Gasteiger partial charge is 0.481 e. The number of benzene rings is 1. The smallest absolute Gasteiger partial charge is 0.303 e. The SMILES string of the molecule is O=C(O)CCC(=O)[C@@H]1CNc2ccccc21. The van der Waals surface area contributed by atoms with Crippen molar-refractivity contribution in [3.8, 4) is 0 Å². The molecule has 1 aromatic rings. The highest BCUT2D eigenvalue weighted by atomic mass is 16.4. The van der Waals surface area contributed by atoms with Crippen LogP contribution in [0.5, 0.6) is 0 Å². The van der Waals surface area contributed by atoms with Crippen LogP contribution in [0.4, 0.5) is 5.69 Å². The predicted molar refractivity (Wildman–Crippen MR) is 59.5 cm³/mol. The molecule has 4 nitrogen and oxygen atoms in total. The van der Waals surface area contributed by atoms with Crippen LogP contribution in [0.3, 0.4) is 0 Å². The normalized spacial score (nSPS) is 17.6. The Hall–Kier alpha value is -1.84. The first-order chi connectivity index (χ1) is 7.68. The minimum Gasteiger partial charge on any atom is -0.481 e. The van der Waals surface area contributed by atoms with Crippen LogP contribution < -0.4 is 5.32 Å². The summed E-state index contributed by atoms with van der Waals surface area (Å²) in [6.45, 7) is 0.581. The highest BCUT2D eigenvalue weighted by Gasteiger charge is 2.27. The number of hydrogen-bond acceptors (Lipinski definition) is 3. The van der Waals surface area contributed by atoms with Crippen LogP contribution >= 0.6 is 0 Å². The fourth-order valence-electron chi connectivity index (χ4n) is 1.98. The molecule has 1 aromatic carbocycles. The molecule has 0 unspecified atom stereocenters. The number of carboxylic acids is 1. The van der Waals surface area contributed by atoms with Crippen LogP contribution in [0.2, 0.25) is 0 Å². The van der Waals surface area contributed by atoms with E-state index in [2.05, 4.69) is 5.32 Å². The zero-order valence-corrected chi connectivity index (χ0v) is 8.77. The van der Waals surface area contributed by atoms with Gasteiger partial charge in [0.1, 0.15) is 5.78 Å². The molecule has 84 valence electrons. The molecule has 1 heterocycles. The summed E-state index contributed by atoms with van der Waals surface area (Å²) in [5, 5.41) is 11.7. The zero-order valence-electron chi connectivity index (χ0n) is 8.77. The number of aliphatic carboxylic acids is 1. The van der Waals surface area contributed by atoms with Crippen LogP contribution in [0.1, 0.15) is 24.3 Å². The topological polar surface area (TPSA) is 66.4 Å². The zero-order chi connectivity index (χ0) is 11.5. The summed E-state index contributed by atoms with van der Waals surface area (Å²) in [4.78, 5) is 22.2. The Bertz CT molecular complexity index is 428. The van der Waals surface area contributed by atoms with Gasteiger partial charge < -0.3 is 10.4 Å². The van der Waals surface area contributed by atoms with E-state index in [0.717, 1.165) is 11.3 Å². The predicted octanol–water partition coefficient (Wildman–Crippen LogP) is 1.63. The number of rotatable bonds is 4. The average molecular weight is 219 g/mol. The summed E-state index contributed by atoms with van der Waals surface area (Å²) < 4.78 is 0. The fraction of sp³-hybridized carbons (Fsp3) is 0.333. The van der Waals surface area contributed by atoms with Crippen molar-refractivity contribution in [2.24, 2.45) is 0 Å². The molecule has 0 bridgehead atoms. The molecule has 1 atom stereocenters. The number of anilines is 1. The maximum absolute atomic E-state index is 11.8. The van der Waals surface area contributed by atoms with E-state index in [9.17, 15) is 9.59 Å². The van der Waals surface area contributed by atoms with Gasteiger partial charge in [0.2, 0.25) is 0 Å². The second kappa shape index (κ2) is 4.35. The van der Waals surface area contributed by atoms with Gasteiger partial charge in [0.25, 0.3) is 0 Å². The number of hydrogen-bond donors (Lipinski definition) is 2. The van der Waals surface area contributed by atoms with Gasteiger partial charge in [-0.05, 0) is 11.6 Å². The Labute approximate surface area is 93.3 Å². The molecular formula is C12H13NO3. The van der Waals surface area contributed by atoms with Gasteiger partial charge in [0, 0.05) is 18.7 Å². The molecule has 0 saturated heterocycles. The van der Waals surface area contributed by atoms with Crippen molar-refractivity contribution in [3.05, 3.63) is 29.8 Å². The number of carbonyl (C=O) groups excluding carboxylic acids is 1. The highest BCUT2D eigenvalue weighted by Crippen LogP contribution is 2.32. The van der Waals surface area contributed by atoms with E-state index in [1.165, 1.54) is 0 Å². The number of nitrogens with one attached hydrogen (secondary N) is 1. The minimum atomic E-state index is -0.924. The first-order valence-corrected chi connectivity index (χ1v) is 5.26. The Balaban J connectivity index is 2.07. The van der Waals surface area contributed by atoms with Gasteiger partial charge in [0.15, 0.2) is 0 Å². The van der Waals surface area contributed by atoms with Gasteiger partial charge in [0.05, 0.1) is 12.3 Å². The van der Waals surface area contributed by atoms with Gasteiger partial charge in [-0.2, -0.15) is 0 Å². The monoisotopic (exact) mass is 219 g/mol. The Morgan fingerprint density at radius 3 is 2.81 bits per heavy atom. The average Bonchev–Trinajstić information content (AvgIpc) is 2.69. The van der Waals surface area contributed by atoms with E-state index >= 15 is 0 Å². The van der Waals surface area contributed by atoms with Crippen molar-refractivity contribution in [2.45, 2.75) is 18.8 Å². The van der Waals surface area contributed by atoms with Crippen molar-refractivity contribution in [1.29, 1.82) is 0 Å². The van der Waals surface area contributed by atoms with E-state index < -0.39 is 5.97 Å². The van der Waals surface area contributed by atoms with E-state index in [-0.39, 0.29) is 24.5 Å². The van der Waals surface area contributed by atoms with Crippen molar-refractivity contribution < 1.29 is 14.7 Å². The molecule has 0 fully saturated rings. The van der Waals surface area contributed by atoms with Crippen molar-refractivity contribution in [2.75, 3.05) is 11.9 Å². The second-order valence-corrected chi connectivity index (χ2v) is 3.88. The molecule has 0 saturated carbocycles. The highest BCUT2D eigenvalue weighted by molar-refractivity contribution is 5.91. The molecule has 1 aliphatic rings. The molecular weight excluding hydrogens is 206 g/mol. The van der Waals surface area contributed by atoms with Gasteiger partial charge >= 0.3 is 5.97 Å². The van der Waals surface area contributed by atoms with E-state index in [0.29, 0.717) is 6.54 Å². The van der Waals surface area contributed by atoms with Crippen LogP contribution in [0, 0.1) is 0 Å². The molecule has 4 heteroatoms. The molecule has 1 aliphatic heterocycles. The lowest BCUT2D eigenvalue weighted by Gasteiger charge is -2.07. The quantitative estimate of drug-likeness (QED) is 0.807. The molecule has 16 heavy (non-hydrogen) atoms. The van der Waals surface area contributed by atoms with E-state index in [1.54, 1.807) is 0 Å². The van der Waals surface area contributed by atoms with Crippen LogP contribution in [0.15, 0.2) is 24.3 Å². The number of Topliss-reactive ketones (excluding diaryl/α,β-unsaturated/α-hetero) is 1. The van der Waals surface area contributed by atoms with Gasteiger partial charge in [-0.15, -0.1) is 0 Å². The summed E-state index contributed by atoms with van der Waals surface area (Å²) in [6, 6.07) is 7.65. The van der Waals surface area contributed by atoms with Crippen LogP contribution in [-0.4, -0.2) is 23.4 Å². The number of carboxylic acid groups (broad SMARTS) is 1. The summed E-state index contributed by atoms with van der Waals surface area (Å²) >= 11 is 0. The van der Waals surface area contributed by atoms with Crippen molar-refractivity contribution >= 4 is 17.4 Å². The molecule has 0 radical (unpaired) electrons. The Morgan fingerprint density at radius 2 is 2.06 bits per heavy atom. The standard InChI is InChI=1S/C12H13NO3/c14-11(5-6-12(15)16)9-7-13-10-4-2-1-3-8(9)10/h1-4,9,13H,5-7H2,(H,15,16)/t9-/m1/s1. The third-order valence-corrected chi connectivity index (χ3v) is 2.81. The van der Waals surface area contributed by atoms with E-state index in [4.69, 9.17) is 5.11 Å². The maximum atomic E-state index is 11.8. The Morgan fingerprint density at radius 1 is 1.31 bits per heavy atom. The molecule has 0 spiro atoms. The van der Waals surface area contributed by atoms with Crippen molar-refractivity contribution in [3.63, 3.8) is 0 Å². The number of fused-ring (bicyclic) bond motifs is 1. The maximum Gasteiger partial charge on any atom is 0.303 e. The molecule has 2 rings (SSSR count). The second-order valence-electron chi connectivity index (χ2n) is 3.88.